The van der Waals surface area contributed by atoms with Gasteiger partial charge in [-0.1, -0.05) is 12.1 Å². The van der Waals surface area contributed by atoms with Gasteiger partial charge in [0.2, 0.25) is 6.29 Å². The Hall–Kier alpha value is -1.52. The molecule has 0 atom stereocenters. The van der Waals surface area contributed by atoms with E-state index in [0.29, 0.717) is 13.2 Å². The summed E-state index contributed by atoms with van der Waals surface area (Å²) in [6.45, 7) is 1.25. The number of benzene rings is 1. The quantitative estimate of drug-likeness (QED) is 0.705. The van der Waals surface area contributed by atoms with Crippen molar-refractivity contribution in [3.63, 3.8) is 0 Å². The van der Waals surface area contributed by atoms with Gasteiger partial charge in [-0.25, -0.2) is 4.98 Å². The molecule has 0 unspecified atom stereocenters. The second kappa shape index (κ2) is 3.56. The topological polar surface area (TPSA) is 44.2 Å². The van der Waals surface area contributed by atoms with Crippen LogP contribution in [-0.4, -0.2) is 23.2 Å². The number of nitrogens with zero attached hydrogens (tertiary/aromatic N) is 2. The molecule has 0 aliphatic carbocycles. The lowest BCUT2D eigenvalue weighted by molar-refractivity contribution is -0.0473. The first kappa shape index (κ1) is 8.76. The normalized spacial score (nSPS) is 17.3. The lowest BCUT2D eigenvalue weighted by Gasteiger charge is -2.07. The van der Waals surface area contributed by atoms with Crippen LogP contribution < -0.4 is 0 Å². The summed E-state index contributed by atoms with van der Waals surface area (Å²) in [5.41, 5.74) is 2.50. The molecule has 0 N–H and O–H groups in total. The second-order valence-corrected chi connectivity index (χ2v) is 3.36. The van der Waals surface area contributed by atoms with Crippen molar-refractivity contribution in [2.45, 2.75) is 6.29 Å². The first-order valence-electron chi connectivity index (χ1n) is 4.88. The fourth-order valence-corrected chi connectivity index (χ4v) is 1.61. The summed E-state index contributed by atoms with van der Waals surface area (Å²) < 4.78 is 10.7. The minimum absolute atomic E-state index is 0.345. The fourth-order valence-electron chi connectivity index (χ4n) is 1.61. The SMILES string of the molecule is c1ccc2nc(C3OCCO3)cnc2c1. The van der Waals surface area contributed by atoms with Gasteiger partial charge >= 0.3 is 0 Å². The van der Waals surface area contributed by atoms with Crippen molar-refractivity contribution in [2.24, 2.45) is 0 Å². The van der Waals surface area contributed by atoms with Crippen LogP contribution in [0.1, 0.15) is 12.0 Å². The summed E-state index contributed by atoms with van der Waals surface area (Å²) >= 11 is 0. The number of para-hydroxylation sites is 2. The number of hydrogen-bond donors (Lipinski definition) is 0. The van der Waals surface area contributed by atoms with Crippen LogP contribution in [0.5, 0.6) is 0 Å². The van der Waals surface area contributed by atoms with E-state index in [1.54, 1.807) is 6.20 Å². The minimum Gasteiger partial charge on any atom is -0.345 e. The molecule has 2 aromatic rings. The molecule has 15 heavy (non-hydrogen) atoms. The van der Waals surface area contributed by atoms with Gasteiger partial charge in [0.1, 0.15) is 5.69 Å². The molecule has 76 valence electrons. The van der Waals surface area contributed by atoms with E-state index in [1.807, 2.05) is 24.3 Å². The molecule has 4 heteroatoms. The molecule has 0 amide bonds. The number of ether oxygens (including phenoxy) is 2. The van der Waals surface area contributed by atoms with Gasteiger partial charge in [0.15, 0.2) is 0 Å². The first-order chi connectivity index (χ1) is 7.43. The van der Waals surface area contributed by atoms with Crippen molar-refractivity contribution in [3.05, 3.63) is 36.2 Å². The average molecular weight is 202 g/mol. The van der Waals surface area contributed by atoms with Gasteiger partial charge < -0.3 is 9.47 Å². The van der Waals surface area contributed by atoms with E-state index in [4.69, 9.17) is 9.47 Å². The highest BCUT2D eigenvalue weighted by atomic mass is 16.7. The molecule has 1 saturated heterocycles. The zero-order chi connectivity index (χ0) is 10.1. The number of fused-ring (bicyclic) bond motifs is 1. The number of hydrogen-bond acceptors (Lipinski definition) is 4. The summed E-state index contributed by atoms with van der Waals surface area (Å²) in [7, 11) is 0. The van der Waals surface area contributed by atoms with Gasteiger partial charge in [-0.2, -0.15) is 0 Å². The molecule has 1 aliphatic rings. The van der Waals surface area contributed by atoms with E-state index in [-0.39, 0.29) is 6.29 Å². The van der Waals surface area contributed by atoms with Gasteiger partial charge in [-0.05, 0) is 12.1 Å². The largest absolute Gasteiger partial charge is 0.345 e. The lowest BCUT2D eigenvalue weighted by atomic mass is 10.3. The molecule has 0 spiro atoms. The highest BCUT2D eigenvalue weighted by Crippen LogP contribution is 2.22. The van der Waals surface area contributed by atoms with E-state index in [0.717, 1.165) is 16.7 Å². The van der Waals surface area contributed by atoms with Crippen molar-refractivity contribution >= 4 is 11.0 Å². The first-order valence-corrected chi connectivity index (χ1v) is 4.88. The van der Waals surface area contributed by atoms with E-state index in [1.165, 1.54) is 0 Å². The second-order valence-electron chi connectivity index (χ2n) is 3.36. The summed E-state index contributed by atoms with van der Waals surface area (Å²) in [5, 5.41) is 0. The van der Waals surface area contributed by atoms with Crippen LogP contribution in [0.2, 0.25) is 0 Å². The third-order valence-electron chi connectivity index (χ3n) is 2.33. The monoisotopic (exact) mass is 202 g/mol. The van der Waals surface area contributed by atoms with Crippen LogP contribution in [0.25, 0.3) is 11.0 Å². The average Bonchev–Trinajstić information content (AvgIpc) is 2.82. The molecule has 4 nitrogen and oxygen atoms in total. The van der Waals surface area contributed by atoms with Crippen LogP contribution in [-0.2, 0) is 9.47 Å². The van der Waals surface area contributed by atoms with Crippen molar-refractivity contribution in [2.75, 3.05) is 13.2 Å². The molecule has 0 radical (unpaired) electrons. The van der Waals surface area contributed by atoms with Crippen LogP contribution in [0, 0.1) is 0 Å². The van der Waals surface area contributed by atoms with E-state index in [2.05, 4.69) is 9.97 Å². The standard InChI is InChI=1S/C11H10N2O2/c1-2-4-9-8(3-1)12-7-10(13-9)11-14-5-6-15-11/h1-4,7,11H,5-6H2. The van der Waals surface area contributed by atoms with Crippen molar-refractivity contribution < 1.29 is 9.47 Å². The van der Waals surface area contributed by atoms with Gasteiger partial charge in [0.05, 0.1) is 30.4 Å². The maximum Gasteiger partial charge on any atom is 0.202 e. The van der Waals surface area contributed by atoms with E-state index >= 15 is 0 Å². The van der Waals surface area contributed by atoms with Gasteiger partial charge in [-0.15, -0.1) is 0 Å². The minimum atomic E-state index is -0.345. The summed E-state index contributed by atoms with van der Waals surface area (Å²) in [4.78, 5) is 8.75. The molecule has 1 aliphatic heterocycles. The molecular weight excluding hydrogens is 192 g/mol. The Kier molecular flexibility index (Phi) is 2.08. The maximum atomic E-state index is 5.36. The Labute approximate surface area is 86.9 Å². The lowest BCUT2D eigenvalue weighted by Crippen LogP contribution is -2.02. The molecule has 1 aromatic heterocycles. The van der Waals surface area contributed by atoms with Crippen molar-refractivity contribution in [3.8, 4) is 0 Å². The summed E-state index contributed by atoms with van der Waals surface area (Å²) in [6, 6.07) is 7.75. The summed E-state index contributed by atoms with van der Waals surface area (Å²) in [5.74, 6) is 0. The molecule has 0 saturated carbocycles. The number of aromatic nitrogens is 2. The Balaban J connectivity index is 2.05. The highest BCUT2D eigenvalue weighted by molar-refractivity contribution is 5.73. The van der Waals surface area contributed by atoms with Crippen molar-refractivity contribution in [1.82, 2.24) is 9.97 Å². The van der Waals surface area contributed by atoms with E-state index in [9.17, 15) is 0 Å². The zero-order valence-corrected chi connectivity index (χ0v) is 8.09. The Morgan fingerprint density at radius 3 is 2.60 bits per heavy atom. The van der Waals surface area contributed by atoms with E-state index < -0.39 is 0 Å². The van der Waals surface area contributed by atoms with Gasteiger partial charge in [0, 0.05) is 0 Å². The molecular formula is C11H10N2O2. The van der Waals surface area contributed by atoms with Crippen LogP contribution in [0.15, 0.2) is 30.5 Å². The van der Waals surface area contributed by atoms with Gasteiger partial charge in [0.25, 0.3) is 0 Å². The fraction of sp³-hybridized carbons (Fsp3) is 0.273. The van der Waals surface area contributed by atoms with Gasteiger partial charge in [-0.3, -0.25) is 4.98 Å². The van der Waals surface area contributed by atoms with Crippen LogP contribution >= 0.6 is 0 Å². The molecule has 1 fully saturated rings. The number of rotatable bonds is 1. The van der Waals surface area contributed by atoms with Crippen LogP contribution in [0.3, 0.4) is 0 Å². The maximum absolute atomic E-state index is 5.36. The summed E-state index contributed by atoms with van der Waals surface area (Å²) in [6.07, 6.45) is 1.36. The zero-order valence-electron chi connectivity index (χ0n) is 8.09. The smallest absolute Gasteiger partial charge is 0.202 e. The predicted octanol–water partition coefficient (Wildman–Crippen LogP) is 1.68. The third-order valence-corrected chi connectivity index (χ3v) is 2.33. The predicted molar refractivity (Wildman–Crippen MR) is 54.2 cm³/mol. The Bertz CT molecular complexity index is 481. The highest BCUT2D eigenvalue weighted by Gasteiger charge is 2.20. The van der Waals surface area contributed by atoms with Crippen LogP contribution in [0.4, 0.5) is 0 Å². The molecule has 1 aromatic carbocycles. The Morgan fingerprint density at radius 1 is 1.07 bits per heavy atom. The Morgan fingerprint density at radius 2 is 1.80 bits per heavy atom. The third kappa shape index (κ3) is 1.58. The molecule has 2 heterocycles. The van der Waals surface area contributed by atoms with Crippen molar-refractivity contribution in [1.29, 1.82) is 0 Å². The molecule has 3 rings (SSSR count). The molecule has 0 bridgehead atoms.